The molecular weight excluding hydrogens is 453 g/mol. The summed E-state index contributed by atoms with van der Waals surface area (Å²) in [5.74, 6) is -1.05. The Kier molecular flexibility index (Phi) is 7.27. The van der Waals surface area contributed by atoms with E-state index in [0.717, 1.165) is 9.87 Å². The van der Waals surface area contributed by atoms with Crippen LogP contribution in [-0.2, 0) is 14.8 Å². The molecule has 166 valence electrons. The SMILES string of the molecule is C/C(=N/NC(=O)CN(c1ccccc1Cl)S(=O)(=O)c1ccc(C)cc1)c1ccc(F)cc1. The summed E-state index contributed by atoms with van der Waals surface area (Å²) >= 11 is 6.25. The number of carbonyl (C=O) groups is 1. The summed E-state index contributed by atoms with van der Waals surface area (Å²) in [6.45, 7) is 2.94. The predicted octanol–water partition coefficient (Wildman–Crippen LogP) is 4.52. The predicted molar refractivity (Wildman–Crippen MR) is 124 cm³/mol. The van der Waals surface area contributed by atoms with Crippen molar-refractivity contribution < 1.29 is 17.6 Å². The molecule has 1 N–H and O–H groups in total. The van der Waals surface area contributed by atoms with Gasteiger partial charge >= 0.3 is 0 Å². The van der Waals surface area contributed by atoms with Gasteiger partial charge in [-0.05, 0) is 55.8 Å². The number of rotatable bonds is 7. The molecule has 0 aromatic heterocycles. The molecular formula is C23H21ClFN3O3S. The van der Waals surface area contributed by atoms with E-state index in [1.807, 2.05) is 6.92 Å². The third kappa shape index (κ3) is 5.52. The first-order chi connectivity index (χ1) is 15.2. The van der Waals surface area contributed by atoms with Crippen LogP contribution in [0, 0.1) is 12.7 Å². The van der Waals surface area contributed by atoms with Gasteiger partial charge < -0.3 is 0 Å². The van der Waals surface area contributed by atoms with Gasteiger partial charge in [0.2, 0.25) is 0 Å². The van der Waals surface area contributed by atoms with Crippen LogP contribution in [0.2, 0.25) is 5.02 Å². The van der Waals surface area contributed by atoms with Crippen molar-refractivity contribution in [3.63, 3.8) is 0 Å². The number of hydrogen-bond donors (Lipinski definition) is 1. The topological polar surface area (TPSA) is 78.8 Å². The quantitative estimate of drug-likeness (QED) is 0.404. The normalized spacial score (nSPS) is 11.8. The molecule has 0 heterocycles. The Morgan fingerprint density at radius 1 is 1.03 bits per heavy atom. The van der Waals surface area contributed by atoms with E-state index in [9.17, 15) is 17.6 Å². The average Bonchev–Trinajstić information content (AvgIpc) is 2.77. The van der Waals surface area contributed by atoms with Crippen molar-refractivity contribution in [1.29, 1.82) is 0 Å². The minimum atomic E-state index is -4.09. The summed E-state index contributed by atoms with van der Waals surface area (Å²) in [5.41, 5.74) is 4.47. The van der Waals surface area contributed by atoms with Crippen molar-refractivity contribution in [2.24, 2.45) is 5.10 Å². The first-order valence-electron chi connectivity index (χ1n) is 9.61. The molecule has 0 saturated carbocycles. The van der Waals surface area contributed by atoms with E-state index in [1.165, 1.54) is 42.5 Å². The largest absolute Gasteiger partial charge is 0.271 e. The molecule has 0 saturated heterocycles. The summed E-state index contributed by atoms with van der Waals surface area (Å²) < 4.78 is 40.7. The maximum absolute atomic E-state index is 13.3. The Balaban J connectivity index is 1.88. The highest BCUT2D eigenvalue weighted by Gasteiger charge is 2.28. The molecule has 0 aliphatic heterocycles. The Morgan fingerprint density at radius 3 is 2.28 bits per heavy atom. The van der Waals surface area contributed by atoms with Crippen molar-refractivity contribution in [3.8, 4) is 0 Å². The van der Waals surface area contributed by atoms with Crippen molar-refractivity contribution in [1.82, 2.24) is 5.43 Å². The zero-order chi connectivity index (χ0) is 23.3. The number of anilines is 1. The smallest absolute Gasteiger partial charge is 0.264 e. The number of nitrogens with one attached hydrogen (secondary N) is 1. The zero-order valence-electron chi connectivity index (χ0n) is 17.4. The minimum Gasteiger partial charge on any atom is -0.271 e. The van der Waals surface area contributed by atoms with E-state index in [2.05, 4.69) is 10.5 Å². The summed E-state index contributed by atoms with van der Waals surface area (Å²) in [7, 11) is -4.09. The Morgan fingerprint density at radius 2 is 1.66 bits per heavy atom. The summed E-state index contributed by atoms with van der Waals surface area (Å²) in [4.78, 5) is 12.7. The number of nitrogens with zero attached hydrogens (tertiary/aromatic N) is 2. The second kappa shape index (κ2) is 9.93. The molecule has 3 rings (SSSR count). The molecule has 3 aromatic carbocycles. The van der Waals surface area contributed by atoms with Crippen LogP contribution < -0.4 is 9.73 Å². The molecule has 0 atom stereocenters. The van der Waals surface area contributed by atoms with Gasteiger partial charge in [-0.3, -0.25) is 9.10 Å². The number of halogens is 2. The first kappa shape index (κ1) is 23.4. The van der Waals surface area contributed by atoms with Gasteiger partial charge in [-0.15, -0.1) is 0 Å². The molecule has 6 nitrogen and oxygen atoms in total. The summed E-state index contributed by atoms with van der Waals surface area (Å²) in [6.07, 6.45) is 0. The van der Waals surface area contributed by atoms with Crippen LogP contribution in [0.3, 0.4) is 0 Å². The van der Waals surface area contributed by atoms with E-state index >= 15 is 0 Å². The molecule has 0 aliphatic carbocycles. The van der Waals surface area contributed by atoms with Crippen LogP contribution in [0.4, 0.5) is 10.1 Å². The number of benzene rings is 3. The number of hydrazone groups is 1. The number of hydrogen-bond acceptors (Lipinski definition) is 4. The van der Waals surface area contributed by atoms with Crippen LogP contribution in [-0.4, -0.2) is 26.6 Å². The number of amides is 1. The van der Waals surface area contributed by atoms with Crippen LogP contribution in [0.5, 0.6) is 0 Å². The van der Waals surface area contributed by atoms with Gasteiger partial charge in [0.25, 0.3) is 15.9 Å². The molecule has 0 radical (unpaired) electrons. The van der Waals surface area contributed by atoms with Gasteiger partial charge in [-0.2, -0.15) is 5.10 Å². The van der Waals surface area contributed by atoms with Crippen molar-refractivity contribution in [2.45, 2.75) is 18.7 Å². The third-order valence-corrected chi connectivity index (χ3v) is 6.72. The van der Waals surface area contributed by atoms with Crippen molar-refractivity contribution >= 4 is 38.9 Å². The Labute approximate surface area is 191 Å². The lowest BCUT2D eigenvalue weighted by molar-refractivity contribution is -0.119. The van der Waals surface area contributed by atoms with Gasteiger partial charge in [-0.25, -0.2) is 18.2 Å². The van der Waals surface area contributed by atoms with Gasteiger partial charge in [0.15, 0.2) is 0 Å². The zero-order valence-corrected chi connectivity index (χ0v) is 19.0. The lowest BCUT2D eigenvalue weighted by Crippen LogP contribution is -2.40. The van der Waals surface area contributed by atoms with Crippen LogP contribution in [0.25, 0.3) is 0 Å². The minimum absolute atomic E-state index is 0.0295. The molecule has 32 heavy (non-hydrogen) atoms. The molecule has 3 aromatic rings. The lowest BCUT2D eigenvalue weighted by Gasteiger charge is -2.24. The fourth-order valence-electron chi connectivity index (χ4n) is 2.86. The molecule has 0 fully saturated rings. The molecule has 0 bridgehead atoms. The molecule has 0 spiro atoms. The van der Waals surface area contributed by atoms with Crippen LogP contribution >= 0.6 is 11.6 Å². The second-order valence-corrected chi connectivity index (χ2v) is 9.28. The van der Waals surface area contributed by atoms with Crippen LogP contribution in [0.1, 0.15) is 18.1 Å². The van der Waals surface area contributed by atoms with E-state index < -0.39 is 22.5 Å². The number of aryl methyl sites for hydroxylation is 1. The number of para-hydroxylation sites is 1. The molecule has 0 aliphatic rings. The first-order valence-corrected chi connectivity index (χ1v) is 11.4. The average molecular weight is 474 g/mol. The van der Waals surface area contributed by atoms with Gasteiger partial charge in [-0.1, -0.05) is 53.6 Å². The van der Waals surface area contributed by atoms with Gasteiger partial charge in [0, 0.05) is 0 Å². The molecule has 9 heteroatoms. The second-order valence-electron chi connectivity index (χ2n) is 7.02. The number of sulfonamides is 1. The van der Waals surface area contributed by atoms with Crippen molar-refractivity contribution in [3.05, 3.63) is 94.8 Å². The molecule has 0 unspecified atom stereocenters. The van der Waals surface area contributed by atoms with E-state index in [0.29, 0.717) is 11.3 Å². The Bertz CT molecular complexity index is 1240. The summed E-state index contributed by atoms with van der Waals surface area (Å²) in [5, 5.41) is 4.18. The van der Waals surface area contributed by atoms with Crippen molar-refractivity contribution in [2.75, 3.05) is 10.8 Å². The maximum atomic E-state index is 13.3. The maximum Gasteiger partial charge on any atom is 0.264 e. The Hall–Kier alpha value is -3.23. The third-order valence-electron chi connectivity index (χ3n) is 4.63. The van der Waals surface area contributed by atoms with E-state index in [-0.39, 0.29) is 21.4 Å². The fraction of sp³-hybridized carbons (Fsp3) is 0.130. The van der Waals surface area contributed by atoms with E-state index in [1.54, 1.807) is 37.3 Å². The highest BCUT2D eigenvalue weighted by molar-refractivity contribution is 7.92. The van der Waals surface area contributed by atoms with E-state index in [4.69, 9.17) is 11.6 Å². The number of carbonyl (C=O) groups excluding carboxylic acids is 1. The van der Waals surface area contributed by atoms with Gasteiger partial charge in [0.05, 0.1) is 21.3 Å². The highest BCUT2D eigenvalue weighted by Crippen LogP contribution is 2.30. The fourth-order valence-corrected chi connectivity index (χ4v) is 4.59. The lowest BCUT2D eigenvalue weighted by atomic mass is 10.1. The highest BCUT2D eigenvalue weighted by atomic mass is 35.5. The summed E-state index contributed by atoms with van der Waals surface area (Å²) in [6, 6.07) is 18.3. The molecule has 1 amide bonds. The van der Waals surface area contributed by atoms with Gasteiger partial charge in [0.1, 0.15) is 12.4 Å². The van der Waals surface area contributed by atoms with Crippen LogP contribution in [0.15, 0.2) is 82.8 Å². The monoisotopic (exact) mass is 473 g/mol. The standard InChI is InChI=1S/C23H21ClFN3O3S/c1-16-7-13-20(14-8-16)32(30,31)28(22-6-4-3-5-21(22)24)15-23(29)27-26-17(2)18-9-11-19(25)12-10-18/h3-14H,15H2,1-2H3,(H,27,29)/b26-17-.